The molecule has 0 saturated carbocycles. The molecule has 1 fully saturated rings. The number of hydrogen-bond donors (Lipinski definition) is 0. The number of unbranched alkanes of at least 4 members (excludes halogenated alkanes) is 2. The van der Waals surface area contributed by atoms with Crippen LogP contribution in [0.4, 0.5) is 11.4 Å². The van der Waals surface area contributed by atoms with Crippen molar-refractivity contribution in [2.24, 2.45) is 0 Å². The average molecular weight is 662 g/mol. The molecule has 5 rings (SSSR count). The lowest BCUT2D eigenvalue weighted by Gasteiger charge is -2.27. The van der Waals surface area contributed by atoms with Gasteiger partial charge >= 0.3 is 5.97 Å². The van der Waals surface area contributed by atoms with Crippen LogP contribution >= 0.6 is 0 Å². The van der Waals surface area contributed by atoms with Crippen molar-refractivity contribution in [1.29, 1.82) is 0 Å². The molecule has 0 atom stereocenters. The molecule has 0 spiro atoms. The van der Waals surface area contributed by atoms with Gasteiger partial charge in [-0.1, -0.05) is 62.7 Å². The summed E-state index contributed by atoms with van der Waals surface area (Å²) in [5.74, 6) is -1.94. The molecule has 3 heterocycles. The first-order valence-corrected chi connectivity index (χ1v) is 17.8. The summed E-state index contributed by atoms with van der Waals surface area (Å²) in [6, 6.07) is 16.5. The second-order valence-corrected chi connectivity index (χ2v) is 14.9. The average Bonchev–Trinajstić information content (AvgIpc) is 3.52. The fraction of sp³-hybridized carbons (Fsp3) is 0.444. The first kappa shape index (κ1) is 34.3. The Morgan fingerprint density at radius 3 is 2.28 bits per heavy atom. The van der Waals surface area contributed by atoms with E-state index in [0.717, 1.165) is 47.7 Å². The predicted octanol–water partition coefficient (Wildman–Crippen LogP) is 5.40. The number of anilines is 1. The van der Waals surface area contributed by atoms with Gasteiger partial charge in [-0.3, -0.25) is 9.59 Å². The van der Waals surface area contributed by atoms with E-state index in [2.05, 4.69) is 73.6 Å². The summed E-state index contributed by atoms with van der Waals surface area (Å²) in [4.78, 5) is 43.0. The Morgan fingerprint density at radius 1 is 0.915 bits per heavy atom. The molecule has 2 amide bonds. The minimum absolute atomic E-state index is 0.0722. The number of nitrogens with zero attached hydrogens (tertiary/aromatic N) is 3. The van der Waals surface area contributed by atoms with E-state index in [0.29, 0.717) is 18.0 Å². The Bertz CT molecular complexity index is 1760. The van der Waals surface area contributed by atoms with E-state index in [1.54, 1.807) is 0 Å². The number of carbonyl (C=O) groups excluding carboxylic acids is 3. The second kappa shape index (κ2) is 13.6. The molecule has 3 aliphatic heterocycles. The highest BCUT2D eigenvalue weighted by Crippen LogP contribution is 2.48. The number of amides is 2. The van der Waals surface area contributed by atoms with Crippen LogP contribution in [0.15, 0.2) is 72.5 Å². The van der Waals surface area contributed by atoms with Crippen LogP contribution in [0.2, 0.25) is 0 Å². The van der Waals surface area contributed by atoms with Crippen LogP contribution in [0.25, 0.3) is 0 Å². The van der Waals surface area contributed by atoms with Crippen LogP contribution in [0.3, 0.4) is 0 Å². The van der Waals surface area contributed by atoms with Gasteiger partial charge in [-0.15, -0.1) is 5.06 Å². The van der Waals surface area contributed by atoms with Crippen molar-refractivity contribution in [2.45, 2.75) is 83.5 Å². The molecule has 3 aliphatic rings. The quantitative estimate of drug-likeness (QED) is 0.121. The van der Waals surface area contributed by atoms with Gasteiger partial charge < -0.3 is 14.3 Å². The zero-order valence-corrected chi connectivity index (χ0v) is 28.3. The summed E-state index contributed by atoms with van der Waals surface area (Å²) >= 11 is 0. The first-order chi connectivity index (χ1) is 22.2. The van der Waals surface area contributed by atoms with Crippen LogP contribution in [0.1, 0.15) is 83.8 Å². The monoisotopic (exact) mass is 661 g/mol. The fourth-order valence-corrected chi connectivity index (χ4v) is 7.40. The van der Waals surface area contributed by atoms with E-state index in [1.807, 2.05) is 30.3 Å². The van der Waals surface area contributed by atoms with Crippen LogP contribution < -0.4 is 4.90 Å². The number of para-hydroxylation sites is 2. The summed E-state index contributed by atoms with van der Waals surface area (Å²) < 4.78 is 36.1. The second-order valence-electron chi connectivity index (χ2n) is 13.4. The highest BCUT2D eigenvalue weighted by atomic mass is 32.2. The van der Waals surface area contributed by atoms with Gasteiger partial charge in [-0.2, -0.15) is 4.58 Å². The molecule has 1 saturated heterocycles. The number of allylic oxidation sites excluding steroid dienone is 4. The Hall–Kier alpha value is -4.09. The van der Waals surface area contributed by atoms with Gasteiger partial charge in [0.05, 0.1) is 15.5 Å². The molecule has 0 bridgehead atoms. The van der Waals surface area contributed by atoms with E-state index in [-0.39, 0.29) is 36.5 Å². The van der Waals surface area contributed by atoms with Gasteiger partial charge in [0.15, 0.2) is 5.71 Å². The number of hydrogen-bond acceptors (Lipinski definition) is 8. The van der Waals surface area contributed by atoms with Crippen LogP contribution in [-0.4, -0.2) is 64.9 Å². The van der Waals surface area contributed by atoms with Crippen molar-refractivity contribution in [3.05, 3.63) is 83.6 Å². The molecule has 2 aromatic rings. The number of benzene rings is 2. The fourth-order valence-electron chi connectivity index (χ4n) is 6.91. The van der Waals surface area contributed by atoms with Crippen LogP contribution in [-0.2, 0) is 40.2 Å². The maximum Gasteiger partial charge on any atom is 0.333 e. The third kappa shape index (κ3) is 7.26. The van der Waals surface area contributed by atoms with Gasteiger partial charge in [-0.05, 0) is 44.4 Å². The van der Waals surface area contributed by atoms with Gasteiger partial charge in [0.25, 0.3) is 11.8 Å². The zero-order chi connectivity index (χ0) is 34.0. The molecule has 47 heavy (non-hydrogen) atoms. The van der Waals surface area contributed by atoms with Crippen molar-refractivity contribution < 1.29 is 36.8 Å². The normalized spacial score (nSPS) is 19.3. The van der Waals surface area contributed by atoms with Gasteiger partial charge in [0.2, 0.25) is 5.69 Å². The Kier molecular flexibility index (Phi) is 9.88. The zero-order valence-electron chi connectivity index (χ0n) is 27.5. The van der Waals surface area contributed by atoms with E-state index >= 15 is 0 Å². The molecular weight excluding hydrogens is 618 g/mol. The Morgan fingerprint density at radius 2 is 1.57 bits per heavy atom. The van der Waals surface area contributed by atoms with Gasteiger partial charge in [-0.25, -0.2) is 13.2 Å². The van der Waals surface area contributed by atoms with Gasteiger partial charge in [0, 0.05) is 72.5 Å². The topological polar surface area (TPSA) is 127 Å². The third-order valence-corrected chi connectivity index (χ3v) is 10.1. The number of fused-ring (bicyclic) bond motifs is 2. The lowest BCUT2D eigenvalue weighted by molar-refractivity contribution is -0.437. The molecule has 0 radical (unpaired) electrons. The maximum absolute atomic E-state index is 12.2. The van der Waals surface area contributed by atoms with Crippen molar-refractivity contribution >= 4 is 45.0 Å². The summed E-state index contributed by atoms with van der Waals surface area (Å²) in [6.45, 7) is 9.88. The Labute approximate surface area is 277 Å². The first-order valence-electron chi connectivity index (χ1n) is 16.2. The smallest absolute Gasteiger partial charge is 0.333 e. The predicted molar refractivity (Wildman–Crippen MR) is 178 cm³/mol. The molecule has 250 valence electrons. The largest absolute Gasteiger partial charge is 0.748 e. The van der Waals surface area contributed by atoms with Crippen molar-refractivity contribution in [3.8, 4) is 0 Å². The van der Waals surface area contributed by atoms with Crippen LogP contribution in [0, 0.1) is 0 Å². The summed E-state index contributed by atoms with van der Waals surface area (Å²) in [5, 5.41) is 0.593. The minimum atomic E-state index is -4.31. The summed E-state index contributed by atoms with van der Waals surface area (Å²) in [6.07, 6.45) is 8.96. The number of carbonyl (C=O) groups is 3. The highest BCUT2D eigenvalue weighted by Gasteiger charge is 2.44. The summed E-state index contributed by atoms with van der Waals surface area (Å²) in [7, 11) is -4.31. The highest BCUT2D eigenvalue weighted by molar-refractivity contribution is 7.85. The molecular formula is C36H43N3O7S. The maximum atomic E-state index is 12.2. The summed E-state index contributed by atoms with van der Waals surface area (Å²) in [5.41, 5.74) is 6.11. The molecule has 0 aromatic heterocycles. The molecule has 0 unspecified atom stereocenters. The lowest BCUT2D eigenvalue weighted by Crippen LogP contribution is -2.32. The lowest BCUT2D eigenvalue weighted by atomic mass is 9.81. The SMILES string of the molecule is CC1(C)C(/C=C/C=C2/N(CCCCCC(=O)ON3C(=O)CCC3=O)c3ccccc3C2(C)C)=[N+](CCCS(=O)(=O)[O-])c2ccccc21. The van der Waals surface area contributed by atoms with E-state index < -0.39 is 33.7 Å². The molecule has 2 aromatic carbocycles. The van der Waals surface area contributed by atoms with E-state index in [9.17, 15) is 27.4 Å². The van der Waals surface area contributed by atoms with Crippen molar-refractivity contribution in [3.63, 3.8) is 0 Å². The Balaban J connectivity index is 1.32. The molecule has 10 nitrogen and oxygen atoms in total. The minimum Gasteiger partial charge on any atom is -0.748 e. The molecule has 0 aliphatic carbocycles. The van der Waals surface area contributed by atoms with E-state index in [1.165, 1.54) is 5.56 Å². The van der Waals surface area contributed by atoms with Crippen molar-refractivity contribution in [1.82, 2.24) is 5.06 Å². The molecule has 11 heteroatoms. The standard InChI is InChI=1S/C36H43N3O7S/c1-35(2)26-14-7-9-16-28(26)37(23-11-5-6-20-34(42)46-39-32(40)21-22-33(39)41)30(35)18-12-19-31-36(3,4)27-15-8-10-17-29(27)38(31)24-13-25-47(43,44)45/h7-10,12,14-19H,5-6,11,13,20-25H2,1-4H3. The van der Waals surface area contributed by atoms with Crippen LogP contribution in [0.5, 0.6) is 0 Å². The van der Waals surface area contributed by atoms with E-state index in [4.69, 9.17) is 4.84 Å². The third-order valence-electron chi connectivity index (χ3n) is 9.34. The van der Waals surface area contributed by atoms with Crippen molar-refractivity contribution in [2.75, 3.05) is 23.7 Å². The molecule has 0 N–H and O–H groups in total. The number of rotatable bonds is 13. The number of hydroxylamine groups is 2. The van der Waals surface area contributed by atoms with Gasteiger partial charge in [0.1, 0.15) is 6.54 Å². The number of imide groups is 1.